The zero-order valence-corrected chi connectivity index (χ0v) is 20.1. The van der Waals surface area contributed by atoms with Crippen molar-refractivity contribution in [3.05, 3.63) is 0 Å². The van der Waals surface area contributed by atoms with Crippen LogP contribution in [0.5, 0.6) is 0 Å². The van der Waals surface area contributed by atoms with Crippen LogP contribution >= 0.6 is 0 Å². The SMILES string of the molecule is C[C@H](C(=O)NC(=O)NC1CCCCC1)N(C)CC(=O)N1CCN(C(=O)OC(C)(C)C)CC1. The summed E-state index contributed by atoms with van der Waals surface area (Å²) < 4.78 is 5.37. The van der Waals surface area contributed by atoms with Crippen molar-refractivity contribution in [2.45, 2.75) is 77.5 Å². The Morgan fingerprint density at radius 2 is 1.56 bits per heavy atom. The number of rotatable bonds is 5. The standard InChI is InChI=1S/C22H39N5O5/c1-16(19(29)24-20(30)23-17-9-7-6-8-10-17)25(5)15-18(28)26-11-13-27(14-12-26)21(31)32-22(2,3)4/h16-17H,6-15H2,1-5H3,(H2,23,24,29,30)/t16-/m1/s1. The van der Waals surface area contributed by atoms with E-state index in [9.17, 15) is 19.2 Å². The number of nitrogens with one attached hydrogen (secondary N) is 2. The molecule has 32 heavy (non-hydrogen) atoms. The van der Waals surface area contributed by atoms with Crippen LogP contribution in [-0.4, -0.2) is 96.1 Å². The number of imide groups is 1. The lowest BCUT2D eigenvalue weighted by Crippen LogP contribution is -2.55. The summed E-state index contributed by atoms with van der Waals surface area (Å²) >= 11 is 0. The van der Waals surface area contributed by atoms with E-state index < -0.39 is 23.6 Å². The van der Waals surface area contributed by atoms with Crippen LogP contribution in [0, 0.1) is 0 Å². The van der Waals surface area contributed by atoms with Crippen molar-refractivity contribution in [2.24, 2.45) is 0 Å². The van der Waals surface area contributed by atoms with Crippen molar-refractivity contribution in [1.29, 1.82) is 0 Å². The van der Waals surface area contributed by atoms with Crippen molar-refractivity contribution in [2.75, 3.05) is 39.8 Å². The normalized spacial score (nSPS) is 18.8. The van der Waals surface area contributed by atoms with Gasteiger partial charge in [0.25, 0.3) is 0 Å². The molecule has 1 heterocycles. The average Bonchev–Trinajstić information content (AvgIpc) is 2.72. The largest absolute Gasteiger partial charge is 0.444 e. The molecule has 2 N–H and O–H groups in total. The Labute approximate surface area is 191 Å². The molecule has 0 unspecified atom stereocenters. The minimum absolute atomic E-state index is 0.0469. The van der Waals surface area contributed by atoms with Gasteiger partial charge in [0, 0.05) is 32.2 Å². The molecule has 182 valence electrons. The molecule has 1 aliphatic carbocycles. The van der Waals surface area contributed by atoms with E-state index in [1.165, 1.54) is 6.42 Å². The highest BCUT2D eigenvalue weighted by molar-refractivity contribution is 5.97. The van der Waals surface area contributed by atoms with Gasteiger partial charge in [-0.15, -0.1) is 0 Å². The van der Waals surface area contributed by atoms with E-state index >= 15 is 0 Å². The molecule has 1 saturated heterocycles. The fourth-order valence-electron chi connectivity index (χ4n) is 3.80. The first kappa shape index (κ1) is 25.9. The van der Waals surface area contributed by atoms with Crippen LogP contribution in [0.25, 0.3) is 0 Å². The first-order valence-electron chi connectivity index (χ1n) is 11.5. The summed E-state index contributed by atoms with van der Waals surface area (Å²) in [6, 6.07) is -1.00. The predicted molar refractivity (Wildman–Crippen MR) is 120 cm³/mol. The van der Waals surface area contributed by atoms with Gasteiger partial charge < -0.3 is 19.9 Å². The Morgan fingerprint density at radius 3 is 2.12 bits per heavy atom. The number of piperazine rings is 1. The van der Waals surface area contributed by atoms with Crippen LogP contribution in [-0.2, 0) is 14.3 Å². The van der Waals surface area contributed by atoms with Crippen molar-refractivity contribution in [3.63, 3.8) is 0 Å². The maximum absolute atomic E-state index is 12.7. The molecule has 2 fully saturated rings. The van der Waals surface area contributed by atoms with Gasteiger partial charge >= 0.3 is 12.1 Å². The third-order valence-electron chi connectivity index (χ3n) is 5.89. The number of likely N-dealkylation sites (N-methyl/N-ethyl adjacent to an activating group) is 1. The average molecular weight is 454 g/mol. The molecule has 0 aromatic carbocycles. The number of hydrogen-bond donors (Lipinski definition) is 2. The lowest BCUT2D eigenvalue weighted by atomic mass is 9.96. The van der Waals surface area contributed by atoms with E-state index in [2.05, 4.69) is 10.6 Å². The minimum atomic E-state index is -0.640. The lowest BCUT2D eigenvalue weighted by Gasteiger charge is -2.36. The first-order chi connectivity index (χ1) is 15.0. The van der Waals surface area contributed by atoms with E-state index in [-0.39, 0.29) is 24.6 Å². The van der Waals surface area contributed by atoms with Gasteiger partial charge in [-0.3, -0.25) is 19.8 Å². The molecule has 2 rings (SSSR count). The summed E-state index contributed by atoms with van der Waals surface area (Å²) in [6.07, 6.45) is 4.86. The van der Waals surface area contributed by atoms with Crippen LogP contribution in [0.1, 0.15) is 59.8 Å². The molecule has 2 aliphatic rings. The summed E-state index contributed by atoms with van der Waals surface area (Å²) in [4.78, 5) is 54.3. The third kappa shape index (κ3) is 8.29. The molecule has 0 bridgehead atoms. The molecule has 0 aromatic rings. The Morgan fingerprint density at radius 1 is 1.00 bits per heavy atom. The van der Waals surface area contributed by atoms with Crippen LogP contribution in [0.2, 0.25) is 0 Å². The topological polar surface area (TPSA) is 111 Å². The second-order valence-corrected chi connectivity index (χ2v) is 9.74. The zero-order valence-electron chi connectivity index (χ0n) is 20.1. The Balaban J connectivity index is 1.73. The molecule has 1 aliphatic heterocycles. The number of carbonyl (C=O) groups excluding carboxylic acids is 4. The number of urea groups is 1. The van der Waals surface area contributed by atoms with Crippen LogP contribution in [0.3, 0.4) is 0 Å². The van der Waals surface area contributed by atoms with Gasteiger partial charge in [-0.2, -0.15) is 0 Å². The van der Waals surface area contributed by atoms with Crippen molar-refractivity contribution in [3.8, 4) is 0 Å². The Hall–Kier alpha value is -2.36. The Bertz CT molecular complexity index is 679. The molecule has 5 amide bonds. The lowest BCUT2D eigenvalue weighted by molar-refractivity contribution is -0.135. The predicted octanol–water partition coefficient (Wildman–Crippen LogP) is 1.54. The van der Waals surface area contributed by atoms with Gasteiger partial charge in [-0.25, -0.2) is 9.59 Å². The maximum Gasteiger partial charge on any atom is 0.410 e. The highest BCUT2D eigenvalue weighted by Crippen LogP contribution is 2.17. The number of ether oxygens (including phenoxy) is 1. The number of hydrogen-bond acceptors (Lipinski definition) is 6. The molecular formula is C22H39N5O5. The van der Waals surface area contributed by atoms with E-state index in [1.807, 2.05) is 20.8 Å². The second kappa shape index (κ2) is 11.5. The summed E-state index contributed by atoms with van der Waals surface area (Å²) in [7, 11) is 1.68. The second-order valence-electron chi connectivity index (χ2n) is 9.74. The maximum atomic E-state index is 12.7. The van der Waals surface area contributed by atoms with Crippen molar-refractivity contribution >= 4 is 23.9 Å². The number of carbonyl (C=O) groups is 4. The van der Waals surface area contributed by atoms with Crippen LogP contribution < -0.4 is 10.6 Å². The van der Waals surface area contributed by atoms with Gasteiger partial charge in [-0.1, -0.05) is 19.3 Å². The van der Waals surface area contributed by atoms with Crippen molar-refractivity contribution < 1.29 is 23.9 Å². The van der Waals surface area contributed by atoms with Crippen LogP contribution in [0.15, 0.2) is 0 Å². The molecule has 10 heteroatoms. The highest BCUT2D eigenvalue weighted by Gasteiger charge is 2.29. The van der Waals surface area contributed by atoms with Crippen LogP contribution in [0.4, 0.5) is 9.59 Å². The third-order valence-corrected chi connectivity index (χ3v) is 5.89. The quantitative estimate of drug-likeness (QED) is 0.653. The van der Waals surface area contributed by atoms with E-state index in [0.717, 1.165) is 25.7 Å². The fraction of sp³-hybridized carbons (Fsp3) is 0.818. The van der Waals surface area contributed by atoms with Gasteiger partial charge in [0.05, 0.1) is 12.6 Å². The summed E-state index contributed by atoms with van der Waals surface area (Å²) in [5, 5.41) is 5.24. The molecule has 0 radical (unpaired) electrons. The molecule has 0 aromatic heterocycles. The Kier molecular flexibility index (Phi) is 9.30. The first-order valence-corrected chi connectivity index (χ1v) is 11.5. The van der Waals surface area contributed by atoms with E-state index in [1.54, 1.807) is 28.7 Å². The fourth-order valence-corrected chi connectivity index (χ4v) is 3.80. The number of nitrogens with zero attached hydrogens (tertiary/aromatic N) is 3. The van der Waals surface area contributed by atoms with Gasteiger partial charge in [0.2, 0.25) is 11.8 Å². The smallest absolute Gasteiger partial charge is 0.410 e. The number of amides is 5. The van der Waals surface area contributed by atoms with Crippen molar-refractivity contribution in [1.82, 2.24) is 25.3 Å². The van der Waals surface area contributed by atoms with E-state index in [4.69, 9.17) is 4.74 Å². The van der Waals surface area contributed by atoms with Gasteiger partial charge in [0.1, 0.15) is 5.60 Å². The van der Waals surface area contributed by atoms with Gasteiger partial charge in [0.15, 0.2) is 0 Å². The van der Waals surface area contributed by atoms with E-state index in [0.29, 0.717) is 26.2 Å². The molecule has 1 atom stereocenters. The zero-order chi connectivity index (χ0) is 23.9. The summed E-state index contributed by atoms with van der Waals surface area (Å²) in [5.41, 5.74) is -0.559. The molecule has 1 saturated carbocycles. The molecule has 0 spiro atoms. The summed E-state index contributed by atoms with van der Waals surface area (Å²) in [5.74, 6) is -0.564. The highest BCUT2D eigenvalue weighted by atomic mass is 16.6. The van der Waals surface area contributed by atoms with Gasteiger partial charge in [-0.05, 0) is 47.6 Å². The minimum Gasteiger partial charge on any atom is -0.444 e. The monoisotopic (exact) mass is 453 g/mol. The molecule has 10 nitrogen and oxygen atoms in total. The summed E-state index contributed by atoms with van der Waals surface area (Å²) in [6.45, 7) is 8.80. The molecular weight excluding hydrogens is 414 g/mol.